The fourth-order valence-electron chi connectivity index (χ4n) is 0.190. The van der Waals surface area contributed by atoms with Crippen molar-refractivity contribution in [1.29, 1.82) is 0 Å². The Labute approximate surface area is 43.1 Å². The zero-order chi connectivity index (χ0) is 5.70. The molecule has 0 aliphatic heterocycles. The van der Waals surface area contributed by atoms with Crippen LogP contribution in [-0.2, 0) is 4.74 Å². The van der Waals surface area contributed by atoms with E-state index in [9.17, 15) is 4.79 Å². The molecule has 0 amide bonds. The van der Waals surface area contributed by atoms with E-state index in [1.54, 1.807) is 6.92 Å². The third-order valence-electron chi connectivity index (χ3n) is 0.423. The number of ether oxygens (including phenoxy) is 1. The van der Waals surface area contributed by atoms with Crippen LogP contribution >= 0.6 is 0 Å². The minimum atomic E-state index is -0.470. The van der Waals surface area contributed by atoms with Gasteiger partial charge >= 0.3 is 7.41 Å². The standard InChI is InChI=1S/C3H7BNO2/c1-2-7-3(6)4-5/h2,5H2,1H3. The lowest BCUT2D eigenvalue weighted by Crippen LogP contribution is -2.19. The van der Waals surface area contributed by atoms with Gasteiger partial charge < -0.3 is 10.4 Å². The number of carbonyl (C=O) groups excluding carboxylic acids is 1. The normalized spacial score (nSPS) is 7.71. The number of carbonyl (C=O) groups is 1. The molecule has 0 aliphatic rings. The summed E-state index contributed by atoms with van der Waals surface area (Å²) in [7, 11) is 0.892. The summed E-state index contributed by atoms with van der Waals surface area (Å²) in [5, 5.41) is 0. The summed E-state index contributed by atoms with van der Waals surface area (Å²) < 4.78 is 4.37. The second-order valence-electron chi connectivity index (χ2n) is 0.919. The molecule has 0 aromatic carbocycles. The van der Waals surface area contributed by atoms with Crippen LogP contribution in [0.25, 0.3) is 0 Å². The first-order chi connectivity index (χ1) is 3.31. The van der Waals surface area contributed by atoms with Gasteiger partial charge in [-0.1, -0.05) is 0 Å². The molecule has 1 radical (unpaired) electrons. The first-order valence-electron chi connectivity index (χ1n) is 2.03. The second kappa shape index (κ2) is 3.68. The van der Waals surface area contributed by atoms with Crippen molar-refractivity contribution in [1.82, 2.24) is 0 Å². The lowest BCUT2D eigenvalue weighted by Gasteiger charge is -1.93. The van der Waals surface area contributed by atoms with E-state index in [0.717, 1.165) is 7.41 Å². The Morgan fingerprint density at radius 1 is 2.00 bits per heavy atom. The van der Waals surface area contributed by atoms with Crippen LogP contribution in [0.2, 0.25) is 0 Å². The first-order valence-corrected chi connectivity index (χ1v) is 2.03. The Bertz CT molecular complexity index is 66.0. The lowest BCUT2D eigenvalue weighted by molar-refractivity contribution is 0.179. The maximum absolute atomic E-state index is 10.0. The van der Waals surface area contributed by atoms with Crippen LogP contribution in [0, 0.1) is 0 Å². The lowest BCUT2D eigenvalue weighted by atomic mass is 9.99. The molecule has 0 aromatic heterocycles. The summed E-state index contributed by atoms with van der Waals surface area (Å²) in [5.41, 5.74) is 4.76. The number of hydrogen-bond donors (Lipinski definition) is 1. The van der Waals surface area contributed by atoms with Crippen molar-refractivity contribution in [2.24, 2.45) is 5.64 Å². The fourth-order valence-corrected chi connectivity index (χ4v) is 0.190. The highest BCUT2D eigenvalue weighted by molar-refractivity contribution is 6.69. The van der Waals surface area contributed by atoms with E-state index in [1.807, 2.05) is 0 Å². The molecule has 0 aromatic rings. The Hall–Kier alpha value is -0.505. The zero-order valence-electron chi connectivity index (χ0n) is 4.18. The van der Waals surface area contributed by atoms with Crippen molar-refractivity contribution in [3.63, 3.8) is 0 Å². The molecule has 0 unspecified atom stereocenters. The van der Waals surface area contributed by atoms with Gasteiger partial charge in [-0.15, -0.1) is 0 Å². The Balaban J connectivity index is 3.00. The highest BCUT2D eigenvalue weighted by Crippen LogP contribution is 1.71. The van der Waals surface area contributed by atoms with Crippen LogP contribution in [0.1, 0.15) is 6.92 Å². The molecule has 4 heteroatoms. The number of rotatable bonds is 2. The van der Waals surface area contributed by atoms with Gasteiger partial charge in [-0.05, 0) is 6.92 Å². The van der Waals surface area contributed by atoms with E-state index in [4.69, 9.17) is 5.64 Å². The van der Waals surface area contributed by atoms with Crippen LogP contribution in [0.3, 0.4) is 0 Å². The summed E-state index contributed by atoms with van der Waals surface area (Å²) in [5.74, 6) is -0.470. The molecule has 2 N–H and O–H groups in total. The minimum Gasteiger partial charge on any atom is -0.473 e. The van der Waals surface area contributed by atoms with Gasteiger partial charge in [0.1, 0.15) is 0 Å². The van der Waals surface area contributed by atoms with E-state index in [-0.39, 0.29) is 0 Å². The van der Waals surface area contributed by atoms with Crippen molar-refractivity contribution in [3.05, 3.63) is 0 Å². The molecule has 0 fully saturated rings. The van der Waals surface area contributed by atoms with Crippen LogP contribution in [-0.4, -0.2) is 19.9 Å². The molecule has 7 heavy (non-hydrogen) atoms. The predicted molar refractivity (Wildman–Crippen MR) is 27.0 cm³/mol. The Morgan fingerprint density at radius 3 is 2.71 bits per heavy atom. The topological polar surface area (TPSA) is 52.3 Å². The SMILES string of the molecule is CCOC(=O)[B]N. The minimum absolute atomic E-state index is 0.381. The van der Waals surface area contributed by atoms with Gasteiger partial charge in [0.15, 0.2) is 0 Å². The molecular formula is C3H7BNO2. The number of hydrogen-bond acceptors (Lipinski definition) is 3. The molecule has 39 valence electrons. The molecule has 0 atom stereocenters. The van der Waals surface area contributed by atoms with Crippen molar-refractivity contribution in [2.75, 3.05) is 6.61 Å². The van der Waals surface area contributed by atoms with Gasteiger partial charge in [-0.3, -0.25) is 4.79 Å². The van der Waals surface area contributed by atoms with E-state index < -0.39 is 5.87 Å². The Morgan fingerprint density at radius 2 is 2.57 bits per heavy atom. The molecule has 0 bridgehead atoms. The van der Waals surface area contributed by atoms with Crippen molar-refractivity contribution >= 4 is 13.3 Å². The molecule has 0 saturated carbocycles. The largest absolute Gasteiger partial charge is 0.473 e. The van der Waals surface area contributed by atoms with Crippen molar-refractivity contribution < 1.29 is 9.53 Å². The summed E-state index contributed by atoms with van der Waals surface area (Å²) in [4.78, 5) is 10.0. The van der Waals surface area contributed by atoms with Crippen LogP contribution in [0.4, 0.5) is 4.79 Å². The summed E-state index contributed by atoms with van der Waals surface area (Å²) >= 11 is 0. The van der Waals surface area contributed by atoms with Gasteiger partial charge in [-0.2, -0.15) is 0 Å². The van der Waals surface area contributed by atoms with E-state index in [0.29, 0.717) is 6.61 Å². The average molecular weight is 99.9 g/mol. The van der Waals surface area contributed by atoms with Crippen molar-refractivity contribution in [3.8, 4) is 0 Å². The predicted octanol–water partition coefficient (Wildman–Crippen LogP) is -0.279. The smallest absolute Gasteiger partial charge is 0.351 e. The quantitative estimate of drug-likeness (QED) is 0.485. The maximum atomic E-state index is 10.0. The molecule has 0 spiro atoms. The summed E-state index contributed by atoms with van der Waals surface area (Å²) in [6.45, 7) is 2.11. The second-order valence-corrected chi connectivity index (χ2v) is 0.919. The molecule has 0 rings (SSSR count). The monoisotopic (exact) mass is 100 g/mol. The van der Waals surface area contributed by atoms with Gasteiger partial charge in [0.05, 0.1) is 6.61 Å². The highest BCUT2D eigenvalue weighted by atomic mass is 16.5. The third kappa shape index (κ3) is 3.32. The van der Waals surface area contributed by atoms with Gasteiger partial charge in [0, 0.05) is 0 Å². The Kier molecular flexibility index (Phi) is 3.41. The average Bonchev–Trinajstić information content (AvgIpc) is 1.68. The molecule has 0 aliphatic carbocycles. The van der Waals surface area contributed by atoms with Crippen LogP contribution in [0.15, 0.2) is 0 Å². The highest BCUT2D eigenvalue weighted by Gasteiger charge is 1.95. The van der Waals surface area contributed by atoms with Crippen LogP contribution < -0.4 is 5.64 Å². The van der Waals surface area contributed by atoms with Gasteiger partial charge in [0.2, 0.25) is 0 Å². The van der Waals surface area contributed by atoms with E-state index >= 15 is 0 Å². The van der Waals surface area contributed by atoms with Crippen molar-refractivity contribution in [2.45, 2.75) is 6.92 Å². The fraction of sp³-hybridized carbons (Fsp3) is 0.667. The number of nitrogens with two attached hydrogens (primary N) is 1. The van der Waals surface area contributed by atoms with Gasteiger partial charge in [-0.25, -0.2) is 0 Å². The maximum Gasteiger partial charge on any atom is 0.351 e. The molecule has 0 saturated heterocycles. The molecular weight excluding hydrogens is 92.8 g/mol. The molecule has 0 heterocycles. The third-order valence-corrected chi connectivity index (χ3v) is 0.423. The first kappa shape index (κ1) is 6.49. The molecule has 3 nitrogen and oxygen atoms in total. The summed E-state index contributed by atoms with van der Waals surface area (Å²) in [6, 6.07) is 0. The van der Waals surface area contributed by atoms with Crippen LogP contribution in [0.5, 0.6) is 0 Å². The van der Waals surface area contributed by atoms with E-state index in [2.05, 4.69) is 4.74 Å². The van der Waals surface area contributed by atoms with E-state index in [1.165, 1.54) is 0 Å². The summed E-state index contributed by atoms with van der Waals surface area (Å²) in [6.07, 6.45) is 0. The zero-order valence-corrected chi connectivity index (χ0v) is 4.18. The van der Waals surface area contributed by atoms with Gasteiger partial charge in [0.25, 0.3) is 5.87 Å².